The van der Waals surface area contributed by atoms with Gasteiger partial charge in [0.05, 0.1) is 30.8 Å². The average Bonchev–Trinajstić information content (AvgIpc) is 3.00. The zero-order valence-electron chi connectivity index (χ0n) is 16.2. The van der Waals surface area contributed by atoms with Crippen LogP contribution in [0.1, 0.15) is 28.8 Å². The van der Waals surface area contributed by atoms with E-state index in [1.807, 2.05) is 40.1 Å². The maximum Gasteiger partial charge on any atom is 0.257 e. The number of benzene rings is 1. The molecule has 7 nitrogen and oxygen atoms in total. The van der Waals surface area contributed by atoms with Crippen molar-refractivity contribution in [3.05, 3.63) is 53.9 Å². The Morgan fingerprint density at radius 3 is 2.82 bits per heavy atom. The van der Waals surface area contributed by atoms with Crippen molar-refractivity contribution in [1.82, 2.24) is 19.6 Å². The summed E-state index contributed by atoms with van der Waals surface area (Å²) in [6, 6.07) is 10.1. The van der Waals surface area contributed by atoms with Crippen molar-refractivity contribution in [2.75, 3.05) is 33.4 Å². The van der Waals surface area contributed by atoms with E-state index in [9.17, 15) is 9.59 Å². The van der Waals surface area contributed by atoms with Crippen LogP contribution in [0.25, 0.3) is 0 Å². The molecule has 2 aromatic rings. The highest BCUT2D eigenvalue weighted by molar-refractivity contribution is 5.94. The van der Waals surface area contributed by atoms with Crippen molar-refractivity contribution in [3.8, 4) is 0 Å². The van der Waals surface area contributed by atoms with Crippen molar-refractivity contribution >= 4 is 11.8 Å². The molecule has 3 aliphatic rings. The molecule has 0 spiro atoms. The Morgan fingerprint density at radius 1 is 1.21 bits per heavy atom. The van der Waals surface area contributed by atoms with E-state index in [1.54, 1.807) is 24.2 Å². The number of ether oxygens (including phenoxy) is 1. The number of aromatic nitrogens is 2. The smallest absolute Gasteiger partial charge is 0.257 e. The van der Waals surface area contributed by atoms with E-state index in [0.717, 1.165) is 18.4 Å². The van der Waals surface area contributed by atoms with Crippen LogP contribution in [0.3, 0.4) is 0 Å². The summed E-state index contributed by atoms with van der Waals surface area (Å²) in [7, 11) is 1.64. The van der Waals surface area contributed by atoms with Crippen LogP contribution >= 0.6 is 0 Å². The Balaban J connectivity index is 1.46. The van der Waals surface area contributed by atoms with E-state index in [2.05, 4.69) is 5.10 Å². The lowest BCUT2D eigenvalue weighted by molar-refractivity contribution is -0.140. The second-order valence-electron chi connectivity index (χ2n) is 7.57. The Bertz CT molecular complexity index is 835. The summed E-state index contributed by atoms with van der Waals surface area (Å²) in [4.78, 5) is 29.6. The van der Waals surface area contributed by atoms with Gasteiger partial charge in [0.2, 0.25) is 5.91 Å². The van der Waals surface area contributed by atoms with Crippen molar-refractivity contribution in [2.45, 2.75) is 25.4 Å². The zero-order valence-corrected chi connectivity index (χ0v) is 16.2. The second-order valence-corrected chi connectivity index (χ2v) is 7.57. The number of hydrogen-bond acceptors (Lipinski definition) is 4. The van der Waals surface area contributed by atoms with Gasteiger partial charge in [0.15, 0.2) is 0 Å². The minimum atomic E-state index is -0.112. The molecule has 3 fully saturated rings. The van der Waals surface area contributed by atoms with Gasteiger partial charge in [0.25, 0.3) is 5.91 Å². The predicted octanol–water partition coefficient (Wildman–Crippen LogP) is 1.64. The summed E-state index contributed by atoms with van der Waals surface area (Å²) in [5.41, 5.74) is 1.71. The van der Waals surface area contributed by atoms with E-state index in [1.165, 1.54) is 0 Å². The third-order valence-electron chi connectivity index (χ3n) is 5.68. The highest BCUT2D eigenvalue weighted by Crippen LogP contribution is 2.29. The number of nitrogens with zero attached hydrogens (tertiary/aromatic N) is 4. The molecule has 28 heavy (non-hydrogen) atoms. The topological polar surface area (TPSA) is 67.7 Å². The summed E-state index contributed by atoms with van der Waals surface area (Å²) in [6.45, 7) is 2.81. The molecule has 7 heteroatoms. The summed E-state index contributed by atoms with van der Waals surface area (Å²) in [5.74, 6) is -0.0000965. The first-order valence-corrected chi connectivity index (χ1v) is 9.81. The molecule has 1 aromatic heterocycles. The van der Waals surface area contributed by atoms with Gasteiger partial charge >= 0.3 is 0 Å². The maximum absolute atomic E-state index is 13.1. The van der Waals surface area contributed by atoms with E-state index in [-0.39, 0.29) is 23.8 Å². The molecular formula is C21H26N4O3. The van der Waals surface area contributed by atoms with Crippen molar-refractivity contribution < 1.29 is 14.3 Å². The first-order valence-electron chi connectivity index (χ1n) is 9.81. The van der Waals surface area contributed by atoms with Crippen LogP contribution in [0.5, 0.6) is 0 Å². The summed E-state index contributed by atoms with van der Waals surface area (Å²) in [5, 5.41) is 4.35. The molecule has 3 aliphatic heterocycles. The van der Waals surface area contributed by atoms with Crippen molar-refractivity contribution in [2.24, 2.45) is 5.92 Å². The number of methoxy groups -OCH3 is 1. The SMILES string of the molecule is COCCN1C(=O)[C@H]2CC[C@@H]1CN(C(=O)c1cnn(Cc3ccccc3)c1)C2. The van der Waals surface area contributed by atoms with Crippen molar-refractivity contribution in [1.29, 1.82) is 0 Å². The molecule has 1 aromatic carbocycles. The molecule has 2 atom stereocenters. The standard InChI is InChI=1S/C21H26N4O3/c1-28-10-9-25-19-8-7-17(21(25)27)13-23(15-19)20(26)18-11-22-24(14-18)12-16-5-3-2-4-6-16/h2-6,11,14,17,19H,7-10,12-13,15H2,1H3/t17-,19+/m0/s1. The molecule has 2 amide bonds. The van der Waals surface area contributed by atoms with Crippen LogP contribution in [-0.2, 0) is 16.1 Å². The van der Waals surface area contributed by atoms with Crippen molar-refractivity contribution in [3.63, 3.8) is 0 Å². The first-order chi connectivity index (χ1) is 13.7. The van der Waals surface area contributed by atoms with Gasteiger partial charge in [-0.25, -0.2) is 0 Å². The normalized spacial score (nSPS) is 21.8. The van der Waals surface area contributed by atoms with Crippen LogP contribution < -0.4 is 0 Å². The molecule has 0 saturated carbocycles. The van der Waals surface area contributed by atoms with Gasteiger partial charge in [-0.05, 0) is 18.4 Å². The minimum absolute atomic E-state index is 0.0439. The summed E-state index contributed by atoms with van der Waals surface area (Å²) >= 11 is 0. The Morgan fingerprint density at radius 2 is 2.04 bits per heavy atom. The van der Waals surface area contributed by atoms with E-state index < -0.39 is 0 Å². The first kappa shape index (κ1) is 18.7. The molecule has 148 valence electrons. The zero-order chi connectivity index (χ0) is 19.5. The van der Waals surface area contributed by atoms with Crippen LogP contribution in [0.15, 0.2) is 42.7 Å². The fourth-order valence-electron chi connectivity index (χ4n) is 4.20. The van der Waals surface area contributed by atoms with E-state index >= 15 is 0 Å². The number of rotatable bonds is 6. The van der Waals surface area contributed by atoms with Gasteiger partial charge in [-0.15, -0.1) is 0 Å². The largest absolute Gasteiger partial charge is 0.383 e. The number of amides is 2. The molecule has 0 radical (unpaired) electrons. The number of carbonyl (C=O) groups is 2. The maximum atomic E-state index is 13.1. The Kier molecular flexibility index (Phi) is 5.43. The van der Waals surface area contributed by atoms with Gasteiger partial charge in [0, 0.05) is 39.0 Å². The average molecular weight is 382 g/mol. The number of piperidine rings is 1. The Labute approximate surface area is 164 Å². The predicted molar refractivity (Wildman–Crippen MR) is 104 cm³/mol. The highest BCUT2D eigenvalue weighted by atomic mass is 16.5. The van der Waals surface area contributed by atoms with E-state index in [4.69, 9.17) is 4.74 Å². The molecule has 0 aliphatic carbocycles. The second kappa shape index (κ2) is 8.14. The molecule has 2 bridgehead atoms. The van der Waals surface area contributed by atoms with Gasteiger partial charge < -0.3 is 14.5 Å². The third kappa shape index (κ3) is 3.80. The molecule has 3 saturated heterocycles. The molecule has 4 heterocycles. The molecular weight excluding hydrogens is 356 g/mol. The monoisotopic (exact) mass is 382 g/mol. The van der Waals surface area contributed by atoms with Gasteiger partial charge in [-0.3, -0.25) is 14.3 Å². The van der Waals surface area contributed by atoms with Gasteiger partial charge in [0.1, 0.15) is 0 Å². The lowest BCUT2D eigenvalue weighted by atomic mass is 9.94. The number of hydrogen-bond donors (Lipinski definition) is 0. The Hall–Kier alpha value is -2.67. The minimum Gasteiger partial charge on any atom is -0.383 e. The lowest BCUT2D eigenvalue weighted by Crippen LogP contribution is -2.49. The number of fused-ring (bicyclic) bond motifs is 4. The van der Waals surface area contributed by atoms with Crippen LogP contribution in [0, 0.1) is 5.92 Å². The third-order valence-corrected chi connectivity index (χ3v) is 5.68. The van der Waals surface area contributed by atoms with Gasteiger partial charge in [-0.1, -0.05) is 30.3 Å². The lowest BCUT2D eigenvalue weighted by Gasteiger charge is -2.35. The van der Waals surface area contributed by atoms with Crippen LogP contribution in [0.4, 0.5) is 0 Å². The fourth-order valence-corrected chi connectivity index (χ4v) is 4.20. The van der Waals surface area contributed by atoms with Crippen LogP contribution in [-0.4, -0.2) is 70.8 Å². The quantitative estimate of drug-likeness (QED) is 0.762. The summed E-state index contributed by atoms with van der Waals surface area (Å²) < 4.78 is 6.93. The highest BCUT2D eigenvalue weighted by Gasteiger charge is 2.41. The van der Waals surface area contributed by atoms with Gasteiger partial charge in [-0.2, -0.15) is 5.10 Å². The fraction of sp³-hybridized carbons (Fsp3) is 0.476. The molecule has 0 N–H and O–H groups in total. The van der Waals surface area contributed by atoms with Crippen LogP contribution in [0.2, 0.25) is 0 Å². The summed E-state index contributed by atoms with van der Waals surface area (Å²) in [6.07, 6.45) is 5.22. The van der Waals surface area contributed by atoms with E-state index in [0.29, 0.717) is 38.3 Å². The molecule has 5 rings (SSSR count). The number of carbonyl (C=O) groups excluding carboxylic acids is 2. The molecule has 0 unspecified atom stereocenters.